The number of nitrogens with two attached hydrogens (primary N) is 1. The Kier molecular flexibility index (Phi) is 3.41. The van der Waals surface area contributed by atoms with Gasteiger partial charge in [-0.1, -0.05) is 11.6 Å². The van der Waals surface area contributed by atoms with E-state index in [0.29, 0.717) is 0 Å². The van der Waals surface area contributed by atoms with Crippen molar-refractivity contribution in [1.29, 1.82) is 0 Å². The topological polar surface area (TPSA) is 76.2 Å². The third kappa shape index (κ3) is 2.76. The van der Waals surface area contributed by atoms with Crippen molar-refractivity contribution in [3.63, 3.8) is 0 Å². The predicted octanol–water partition coefficient (Wildman–Crippen LogP) is 1.88. The van der Waals surface area contributed by atoms with Crippen molar-refractivity contribution in [1.82, 2.24) is 4.98 Å². The lowest BCUT2D eigenvalue weighted by molar-refractivity contribution is -0.136. The summed E-state index contributed by atoms with van der Waals surface area (Å²) in [5, 5.41) is 8.36. The van der Waals surface area contributed by atoms with Crippen LogP contribution in [0, 0.1) is 0 Å². The Labute approximate surface area is 88.7 Å². The number of carboxylic acids is 1. The van der Waals surface area contributed by atoms with Gasteiger partial charge in [0.2, 0.25) is 0 Å². The molecule has 0 unspecified atom stereocenters. The van der Waals surface area contributed by atoms with Gasteiger partial charge in [-0.3, -0.25) is 4.79 Å². The molecular weight excluding hydrogens is 230 g/mol. The predicted molar refractivity (Wildman–Crippen MR) is 50.0 cm³/mol. The van der Waals surface area contributed by atoms with Crippen molar-refractivity contribution < 1.29 is 18.7 Å². The van der Waals surface area contributed by atoms with Crippen LogP contribution in [-0.2, 0) is 11.2 Å². The first kappa shape index (κ1) is 11.6. The van der Waals surface area contributed by atoms with E-state index in [1.54, 1.807) is 0 Å². The van der Waals surface area contributed by atoms with E-state index in [0.717, 1.165) is 6.07 Å². The average Bonchev–Trinajstić information content (AvgIpc) is 2.09. The van der Waals surface area contributed by atoms with Gasteiger partial charge in [0, 0.05) is 5.56 Å². The summed E-state index contributed by atoms with van der Waals surface area (Å²) >= 11 is 5.50. The summed E-state index contributed by atoms with van der Waals surface area (Å²) in [6.07, 6.45) is -3.44. The number of hydrogen-bond donors (Lipinski definition) is 2. The number of rotatable bonds is 3. The summed E-state index contributed by atoms with van der Waals surface area (Å²) in [5.74, 6) is -1.41. The molecule has 4 nitrogen and oxygen atoms in total. The number of carbonyl (C=O) groups is 1. The van der Waals surface area contributed by atoms with Crippen LogP contribution in [0.2, 0.25) is 5.02 Å². The SMILES string of the molecule is Nc1nc(CC(=O)O)c(C(F)F)cc1Cl. The van der Waals surface area contributed by atoms with Gasteiger partial charge in [-0.2, -0.15) is 0 Å². The van der Waals surface area contributed by atoms with Gasteiger partial charge in [0.15, 0.2) is 0 Å². The third-order valence-electron chi connectivity index (χ3n) is 1.67. The van der Waals surface area contributed by atoms with Gasteiger partial charge in [-0.05, 0) is 6.07 Å². The van der Waals surface area contributed by atoms with Crippen molar-refractivity contribution >= 4 is 23.4 Å². The van der Waals surface area contributed by atoms with E-state index in [1.807, 2.05) is 0 Å². The molecule has 1 rings (SSSR count). The molecule has 0 bridgehead atoms. The number of hydrogen-bond acceptors (Lipinski definition) is 3. The van der Waals surface area contributed by atoms with Crippen LogP contribution >= 0.6 is 11.6 Å². The molecule has 0 atom stereocenters. The summed E-state index contributed by atoms with van der Waals surface area (Å²) < 4.78 is 24.9. The number of anilines is 1. The second-order valence-electron chi connectivity index (χ2n) is 2.76. The average molecular weight is 237 g/mol. The van der Waals surface area contributed by atoms with Crippen molar-refractivity contribution in [2.75, 3.05) is 5.73 Å². The number of alkyl halides is 2. The minimum atomic E-state index is -2.83. The normalized spacial score (nSPS) is 10.7. The second-order valence-corrected chi connectivity index (χ2v) is 3.17. The Morgan fingerprint density at radius 3 is 2.73 bits per heavy atom. The molecule has 0 saturated heterocycles. The van der Waals surface area contributed by atoms with E-state index in [-0.39, 0.29) is 16.5 Å². The van der Waals surface area contributed by atoms with Gasteiger partial charge in [-0.25, -0.2) is 13.8 Å². The molecule has 82 valence electrons. The van der Waals surface area contributed by atoms with Crippen molar-refractivity contribution in [2.24, 2.45) is 0 Å². The van der Waals surface area contributed by atoms with Crippen LogP contribution in [0.5, 0.6) is 0 Å². The lowest BCUT2D eigenvalue weighted by Gasteiger charge is -2.08. The smallest absolute Gasteiger partial charge is 0.309 e. The minimum Gasteiger partial charge on any atom is -0.481 e. The number of carboxylic acid groups (broad SMARTS) is 1. The number of pyridine rings is 1. The van der Waals surface area contributed by atoms with Gasteiger partial charge in [-0.15, -0.1) is 0 Å². The van der Waals surface area contributed by atoms with E-state index in [9.17, 15) is 13.6 Å². The van der Waals surface area contributed by atoms with Crippen LogP contribution < -0.4 is 5.73 Å². The van der Waals surface area contributed by atoms with E-state index >= 15 is 0 Å². The molecule has 15 heavy (non-hydrogen) atoms. The van der Waals surface area contributed by atoms with Gasteiger partial charge >= 0.3 is 5.97 Å². The highest BCUT2D eigenvalue weighted by molar-refractivity contribution is 6.32. The van der Waals surface area contributed by atoms with E-state index in [4.69, 9.17) is 22.4 Å². The van der Waals surface area contributed by atoms with Gasteiger partial charge in [0.1, 0.15) is 5.82 Å². The third-order valence-corrected chi connectivity index (χ3v) is 1.97. The molecule has 1 heterocycles. The number of halogens is 3. The Morgan fingerprint density at radius 2 is 2.27 bits per heavy atom. The zero-order chi connectivity index (χ0) is 11.6. The number of nitrogen functional groups attached to an aromatic ring is 1. The largest absolute Gasteiger partial charge is 0.481 e. The van der Waals surface area contributed by atoms with Crippen LogP contribution in [0.4, 0.5) is 14.6 Å². The molecule has 0 aliphatic rings. The fourth-order valence-corrected chi connectivity index (χ4v) is 1.19. The zero-order valence-electron chi connectivity index (χ0n) is 7.38. The summed E-state index contributed by atoms with van der Waals surface area (Å²) in [7, 11) is 0. The first-order valence-electron chi connectivity index (χ1n) is 3.86. The maximum Gasteiger partial charge on any atom is 0.309 e. The second kappa shape index (κ2) is 4.39. The minimum absolute atomic E-state index is 0.112. The highest BCUT2D eigenvalue weighted by atomic mass is 35.5. The molecule has 0 aromatic carbocycles. The maximum atomic E-state index is 12.5. The van der Waals surface area contributed by atoms with E-state index in [2.05, 4.69) is 4.98 Å². The molecule has 7 heteroatoms. The quantitative estimate of drug-likeness (QED) is 0.840. The summed E-state index contributed by atoms with van der Waals surface area (Å²) in [6.45, 7) is 0. The van der Waals surface area contributed by atoms with Gasteiger partial charge in [0.05, 0.1) is 17.1 Å². The number of aromatic nitrogens is 1. The molecule has 0 fully saturated rings. The van der Waals surface area contributed by atoms with Crippen LogP contribution in [0.25, 0.3) is 0 Å². The number of aliphatic carboxylic acids is 1. The molecule has 0 amide bonds. The Morgan fingerprint density at radius 1 is 1.67 bits per heavy atom. The zero-order valence-corrected chi connectivity index (χ0v) is 8.13. The highest BCUT2D eigenvalue weighted by Gasteiger charge is 2.18. The Balaban J connectivity index is 3.21. The van der Waals surface area contributed by atoms with Crippen molar-refractivity contribution in [2.45, 2.75) is 12.8 Å². The molecular formula is C8H7ClF2N2O2. The van der Waals surface area contributed by atoms with Crippen molar-refractivity contribution in [3.05, 3.63) is 22.3 Å². The monoisotopic (exact) mass is 236 g/mol. The van der Waals surface area contributed by atoms with Gasteiger partial charge < -0.3 is 10.8 Å². The molecule has 1 aromatic rings. The van der Waals surface area contributed by atoms with Crippen LogP contribution in [0.3, 0.4) is 0 Å². The fraction of sp³-hybridized carbons (Fsp3) is 0.250. The molecule has 0 spiro atoms. The number of nitrogens with zero attached hydrogens (tertiary/aromatic N) is 1. The summed E-state index contributed by atoms with van der Waals surface area (Å²) in [6, 6.07) is 0.937. The summed E-state index contributed by atoms with van der Waals surface area (Å²) in [4.78, 5) is 13.9. The fourth-order valence-electron chi connectivity index (χ4n) is 1.03. The van der Waals surface area contributed by atoms with E-state index < -0.39 is 24.4 Å². The highest BCUT2D eigenvalue weighted by Crippen LogP contribution is 2.28. The van der Waals surface area contributed by atoms with Crippen molar-refractivity contribution in [3.8, 4) is 0 Å². The molecule has 0 aliphatic heterocycles. The first-order valence-corrected chi connectivity index (χ1v) is 4.24. The molecule has 1 aromatic heterocycles. The van der Waals surface area contributed by atoms with Crippen LogP contribution in [0.1, 0.15) is 17.7 Å². The standard InChI is InChI=1S/C8H7ClF2N2O2/c9-4-1-3(7(10)11)5(2-6(14)15)13-8(4)12/h1,7H,2H2,(H2,12,13)(H,14,15). The Bertz CT molecular complexity index is 398. The van der Waals surface area contributed by atoms with Crippen LogP contribution in [0.15, 0.2) is 6.07 Å². The lowest BCUT2D eigenvalue weighted by Crippen LogP contribution is -2.08. The Hall–Kier alpha value is -1.43. The summed E-state index contributed by atoms with van der Waals surface area (Å²) in [5.41, 5.74) is 4.52. The van der Waals surface area contributed by atoms with Gasteiger partial charge in [0.25, 0.3) is 6.43 Å². The first-order chi connectivity index (χ1) is 6.91. The molecule has 0 aliphatic carbocycles. The molecule has 3 N–H and O–H groups in total. The van der Waals surface area contributed by atoms with E-state index in [1.165, 1.54) is 0 Å². The molecule has 0 radical (unpaired) electrons. The molecule has 0 saturated carbocycles. The maximum absolute atomic E-state index is 12.5. The lowest BCUT2D eigenvalue weighted by atomic mass is 10.1. The van der Waals surface area contributed by atoms with Crippen LogP contribution in [-0.4, -0.2) is 16.1 Å².